The number of para-hydroxylation sites is 2. The molecule has 0 spiro atoms. The summed E-state index contributed by atoms with van der Waals surface area (Å²) in [5.41, 5.74) is 24.2. The topological polar surface area (TPSA) is 6.48 Å². The molecule has 4 saturated carbocycles. The Morgan fingerprint density at radius 2 is 0.681 bits per heavy atom. The lowest BCUT2D eigenvalue weighted by molar-refractivity contribution is -0.00515. The molecular weight excluding hydrogens is 869 g/mol. The molecule has 0 saturated heterocycles. The van der Waals surface area contributed by atoms with E-state index in [0.29, 0.717) is 0 Å². The zero-order valence-corrected chi connectivity index (χ0v) is 42.1. The molecule has 0 atom stereocenters. The average Bonchev–Trinajstić information content (AvgIpc) is 3.78. The lowest BCUT2D eigenvalue weighted by atomic mass is 9.48. The molecule has 9 aromatic rings. The molecule has 352 valence electrons. The van der Waals surface area contributed by atoms with Crippen LogP contribution in [0.2, 0.25) is 0 Å². The third kappa shape index (κ3) is 6.74. The highest BCUT2D eigenvalue weighted by Crippen LogP contribution is 2.62. The number of benzene rings is 9. The summed E-state index contributed by atoms with van der Waals surface area (Å²) in [4.78, 5) is 5.25. The molecule has 4 bridgehead atoms. The lowest BCUT2D eigenvalue weighted by Crippen LogP contribution is -2.48. The molecule has 2 heteroatoms. The fourth-order valence-corrected chi connectivity index (χ4v) is 15.2. The van der Waals surface area contributed by atoms with Gasteiger partial charge in [-0.25, -0.2) is 0 Å². The maximum atomic E-state index is 2.65. The van der Waals surface area contributed by atoms with Crippen LogP contribution in [0.4, 0.5) is 34.1 Å². The van der Waals surface area contributed by atoms with E-state index in [0.717, 1.165) is 17.8 Å². The lowest BCUT2D eigenvalue weighted by Gasteiger charge is -2.57. The molecule has 0 heterocycles. The zero-order chi connectivity index (χ0) is 48.3. The van der Waals surface area contributed by atoms with Gasteiger partial charge in [0.25, 0.3) is 0 Å². The van der Waals surface area contributed by atoms with Crippen LogP contribution in [-0.2, 0) is 16.2 Å². The predicted molar refractivity (Wildman–Crippen MR) is 302 cm³/mol. The van der Waals surface area contributed by atoms with E-state index in [1.165, 1.54) is 145 Å². The van der Waals surface area contributed by atoms with Gasteiger partial charge in [0, 0.05) is 44.7 Å². The Bertz CT molecular complexity index is 3330. The minimum Gasteiger partial charge on any atom is -0.310 e. The van der Waals surface area contributed by atoms with Gasteiger partial charge in [-0.05, 0) is 177 Å². The highest BCUT2D eigenvalue weighted by Gasteiger charge is 2.52. The fourth-order valence-electron chi connectivity index (χ4n) is 15.2. The summed E-state index contributed by atoms with van der Waals surface area (Å²) in [6, 6.07) is 80.9. The van der Waals surface area contributed by atoms with Gasteiger partial charge in [0.05, 0.1) is 11.4 Å². The molecule has 72 heavy (non-hydrogen) atoms. The first-order valence-electron chi connectivity index (χ1n) is 26.7. The van der Waals surface area contributed by atoms with Crippen LogP contribution >= 0.6 is 0 Å². The second kappa shape index (κ2) is 16.3. The third-order valence-corrected chi connectivity index (χ3v) is 18.2. The molecule has 0 aromatic heterocycles. The predicted octanol–water partition coefficient (Wildman–Crippen LogP) is 19.0. The normalized spacial score (nSPS) is 21.1. The van der Waals surface area contributed by atoms with Gasteiger partial charge in [-0.2, -0.15) is 0 Å². The highest BCUT2D eigenvalue weighted by molar-refractivity contribution is 5.95. The monoisotopic (exact) mass is 930 g/mol. The molecule has 0 radical (unpaired) electrons. The maximum absolute atomic E-state index is 2.65. The maximum Gasteiger partial charge on any atom is 0.0540 e. The Morgan fingerprint density at radius 1 is 0.319 bits per heavy atom. The minimum absolute atomic E-state index is 0.123. The van der Waals surface area contributed by atoms with Gasteiger partial charge in [-0.3, -0.25) is 0 Å². The van der Waals surface area contributed by atoms with Gasteiger partial charge in [0.15, 0.2) is 0 Å². The van der Waals surface area contributed by atoms with Crippen molar-refractivity contribution < 1.29 is 0 Å². The molecule has 9 aromatic carbocycles. The number of anilines is 6. The largest absolute Gasteiger partial charge is 0.310 e. The van der Waals surface area contributed by atoms with Crippen molar-refractivity contribution in [2.45, 2.75) is 82.5 Å². The summed E-state index contributed by atoms with van der Waals surface area (Å²) in [7, 11) is 0. The van der Waals surface area contributed by atoms with E-state index >= 15 is 0 Å². The van der Waals surface area contributed by atoms with E-state index in [2.05, 4.69) is 250 Å². The van der Waals surface area contributed by atoms with Gasteiger partial charge < -0.3 is 9.80 Å². The molecule has 6 aliphatic carbocycles. The van der Waals surface area contributed by atoms with E-state index in [4.69, 9.17) is 0 Å². The van der Waals surface area contributed by atoms with Crippen LogP contribution in [0.25, 0.3) is 44.5 Å². The first-order valence-corrected chi connectivity index (χ1v) is 26.7. The number of nitrogens with zero attached hydrogens (tertiary/aromatic N) is 2. The standard InChI is InChI=1S/C70H62N2/c1-68(2)62-27-15-11-25-58(62)60-33-31-52(41-64(60)68)71(66-29-17-13-23-56(66)49-19-7-5-8-20-49)54-38-51(70-43-46-35-47(44-70)37-48(36-46)45-70)39-55(40-54)72(67-30-18-14-24-57(67)50-21-9-6-10-22-50)53-32-34-61-59-26-12-16-28-63(59)69(3,4)65(61)42-53/h5-34,38-42,46-48H,35-37,43-45H2,1-4H3. The van der Waals surface area contributed by atoms with Crippen molar-refractivity contribution in [1.82, 2.24) is 0 Å². The van der Waals surface area contributed by atoms with Crippen molar-refractivity contribution >= 4 is 34.1 Å². The molecule has 0 amide bonds. The van der Waals surface area contributed by atoms with Crippen molar-refractivity contribution in [1.29, 1.82) is 0 Å². The third-order valence-electron chi connectivity index (χ3n) is 18.2. The van der Waals surface area contributed by atoms with Crippen LogP contribution in [0.1, 0.15) is 94.0 Å². The molecule has 4 fully saturated rings. The molecule has 6 aliphatic rings. The molecule has 2 nitrogen and oxygen atoms in total. The van der Waals surface area contributed by atoms with E-state index < -0.39 is 0 Å². The average molecular weight is 931 g/mol. The molecule has 0 N–H and O–H groups in total. The number of rotatable bonds is 9. The smallest absolute Gasteiger partial charge is 0.0540 e. The highest BCUT2D eigenvalue weighted by atomic mass is 15.2. The fraction of sp³-hybridized carbons (Fsp3) is 0.229. The Kier molecular flexibility index (Phi) is 9.82. The van der Waals surface area contributed by atoms with Crippen LogP contribution in [0.5, 0.6) is 0 Å². The Morgan fingerprint density at radius 3 is 1.11 bits per heavy atom. The van der Waals surface area contributed by atoms with Crippen LogP contribution in [0.3, 0.4) is 0 Å². The number of hydrogen-bond donors (Lipinski definition) is 0. The molecular formula is C70H62N2. The Labute approximate surface area is 426 Å². The van der Waals surface area contributed by atoms with E-state index in [1.807, 2.05) is 0 Å². The van der Waals surface area contributed by atoms with Gasteiger partial charge in [0.1, 0.15) is 0 Å². The van der Waals surface area contributed by atoms with Gasteiger partial charge >= 0.3 is 0 Å². The van der Waals surface area contributed by atoms with Crippen molar-refractivity contribution in [3.8, 4) is 44.5 Å². The number of hydrogen-bond acceptors (Lipinski definition) is 2. The van der Waals surface area contributed by atoms with Crippen molar-refractivity contribution in [3.63, 3.8) is 0 Å². The molecule has 0 unspecified atom stereocenters. The van der Waals surface area contributed by atoms with Gasteiger partial charge in [0.2, 0.25) is 0 Å². The van der Waals surface area contributed by atoms with Gasteiger partial charge in [-0.15, -0.1) is 0 Å². The van der Waals surface area contributed by atoms with Crippen molar-refractivity contribution in [2.24, 2.45) is 17.8 Å². The summed E-state index contributed by atoms with van der Waals surface area (Å²) < 4.78 is 0. The zero-order valence-electron chi connectivity index (χ0n) is 42.1. The van der Waals surface area contributed by atoms with Crippen molar-refractivity contribution in [2.75, 3.05) is 9.80 Å². The summed E-state index contributed by atoms with van der Waals surface area (Å²) >= 11 is 0. The summed E-state index contributed by atoms with van der Waals surface area (Å²) in [5, 5.41) is 0. The first kappa shape index (κ1) is 43.4. The van der Waals surface area contributed by atoms with Gasteiger partial charge in [-0.1, -0.05) is 185 Å². The second-order valence-electron chi connectivity index (χ2n) is 23.2. The van der Waals surface area contributed by atoms with E-state index in [9.17, 15) is 0 Å². The minimum atomic E-state index is -0.155. The summed E-state index contributed by atoms with van der Waals surface area (Å²) in [6.45, 7) is 9.64. The van der Waals surface area contributed by atoms with E-state index in [-0.39, 0.29) is 16.2 Å². The molecule has 0 aliphatic heterocycles. The van der Waals surface area contributed by atoms with Crippen LogP contribution in [0, 0.1) is 17.8 Å². The van der Waals surface area contributed by atoms with Crippen LogP contribution in [-0.4, -0.2) is 0 Å². The SMILES string of the molecule is CC1(C)c2ccccc2-c2ccc(N(c3cc(N(c4ccc5c(c4)C(C)(C)c4ccccc4-5)c4ccccc4-c4ccccc4)cc(C45CC6CC(CC(C6)C4)C5)c3)c3ccccc3-c3ccccc3)cc21. The Balaban J connectivity index is 1.05. The molecule has 15 rings (SSSR count). The quantitative estimate of drug-likeness (QED) is 0.142. The first-order chi connectivity index (χ1) is 35.1. The summed E-state index contributed by atoms with van der Waals surface area (Å²) in [6.07, 6.45) is 8.04. The van der Waals surface area contributed by atoms with Crippen LogP contribution in [0.15, 0.2) is 212 Å². The summed E-state index contributed by atoms with van der Waals surface area (Å²) in [5.74, 6) is 2.40. The number of fused-ring (bicyclic) bond motifs is 6. The van der Waals surface area contributed by atoms with E-state index in [1.54, 1.807) is 0 Å². The van der Waals surface area contributed by atoms with Crippen molar-refractivity contribution in [3.05, 3.63) is 240 Å². The Hall–Kier alpha value is -7.42. The second-order valence-corrected chi connectivity index (χ2v) is 23.2. The van der Waals surface area contributed by atoms with Crippen LogP contribution < -0.4 is 9.80 Å².